The van der Waals surface area contributed by atoms with Gasteiger partial charge in [-0.15, -0.1) is 0 Å². The molecule has 1 aromatic carbocycles. The molecule has 0 heterocycles. The minimum Gasteiger partial charge on any atom is -0.392 e. The number of aliphatic hydroxyl groups is 2. The van der Waals surface area contributed by atoms with Crippen molar-refractivity contribution < 1.29 is 19.8 Å². The minimum atomic E-state index is -0.838. The highest BCUT2D eigenvalue weighted by atomic mass is 16.3. The van der Waals surface area contributed by atoms with Crippen LogP contribution in [0.3, 0.4) is 0 Å². The maximum Gasteiger partial charge on any atom is 0.163 e. The van der Waals surface area contributed by atoms with Gasteiger partial charge in [0.25, 0.3) is 0 Å². The number of carbonyl (C=O) groups excluding carboxylic acids is 2. The molecule has 3 fully saturated rings. The number of Topliss-reactive ketones (excluding diaryl/α,β-unsaturated/α-hetero) is 2. The molecule has 4 heteroatoms. The molecule has 0 bridgehead atoms. The first-order chi connectivity index (χ1) is 15.8. The van der Waals surface area contributed by atoms with E-state index >= 15 is 0 Å². The number of rotatable bonds is 4. The second-order valence-electron chi connectivity index (χ2n) is 11.0. The van der Waals surface area contributed by atoms with Crippen molar-refractivity contribution in [3.63, 3.8) is 0 Å². The van der Waals surface area contributed by atoms with Gasteiger partial charge in [0.05, 0.1) is 12.2 Å². The van der Waals surface area contributed by atoms with Crippen molar-refractivity contribution in [2.24, 2.45) is 29.1 Å². The van der Waals surface area contributed by atoms with E-state index in [0.29, 0.717) is 35.7 Å². The zero-order chi connectivity index (χ0) is 23.4. The summed E-state index contributed by atoms with van der Waals surface area (Å²) in [6.07, 6.45) is 10.8. The standard InChI is InChI=1S/C29H36O4/c1-18(31)19-6-3-4-7-23(19)27-24-9-8-22-21(20(24)10-11-26(27)32)12-15-28(2)25(22)13-16-29(28,33)14-5-17-30/h3-7,14,20-22,25,30,33H,8-13,15-17H2,1-2H3/b14-5-/t20-,21-,22-,25+,28+,29+/m1/s1. The first-order valence-electron chi connectivity index (χ1n) is 12.7. The largest absolute Gasteiger partial charge is 0.392 e. The van der Waals surface area contributed by atoms with Crippen LogP contribution < -0.4 is 0 Å². The van der Waals surface area contributed by atoms with E-state index in [4.69, 9.17) is 0 Å². The van der Waals surface area contributed by atoms with Crippen molar-refractivity contribution in [3.8, 4) is 0 Å². The molecule has 3 saturated carbocycles. The summed E-state index contributed by atoms with van der Waals surface area (Å²) in [4.78, 5) is 25.5. The monoisotopic (exact) mass is 448 g/mol. The number of hydrogen-bond acceptors (Lipinski definition) is 4. The van der Waals surface area contributed by atoms with E-state index in [2.05, 4.69) is 6.92 Å². The van der Waals surface area contributed by atoms with Crippen LogP contribution >= 0.6 is 0 Å². The molecule has 0 aliphatic heterocycles. The van der Waals surface area contributed by atoms with Crippen LogP contribution in [0.4, 0.5) is 0 Å². The van der Waals surface area contributed by atoms with Crippen LogP contribution in [0.25, 0.3) is 5.57 Å². The van der Waals surface area contributed by atoms with Crippen molar-refractivity contribution in [1.29, 1.82) is 0 Å². The predicted octanol–water partition coefficient (Wildman–Crippen LogP) is 5.14. The molecule has 2 N–H and O–H groups in total. The fourth-order valence-corrected chi connectivity index (χ4v) is 8.19. The highest BCUT2D eigenvalue weighted by Crippen LogP contribution is 2.65. The van der Waals surface area contributed by atoms with Gasteiger partial charge < -0.3 is 10.2 Å². The van der Waals surface area contributed by atoms with Gasteiger partial charge in [0, 0.05) is 23.0 Å². The van der Waals surface area contributed by atoms with E-state index < -0.39 is 5.60 Å². The van der Waals surface area contributed by atoms with Crippen molar-refractivity contribution in [3.05, 3.63) is 53.1 Å². The minimum absolute atomic E-state index is 0.0110. The Hall–Kier alpha value is -2.04. The van der Waals surface area contributed by atoms with Gasteiger partial charge in [0.15, 0.2) is 11.6 Å². The average Bonchev–Trinajstić information content (AvgIpc) is 3.08. The third-order valence-electron chi connectivity index (χ3n) is 9.78. The van der Waals surface area contributed by atoms with Gasteiger partial charge in [0.2, 0.25) is 0 Å². The van der Waals surface area contributed by atoms with Crippen LogP contribution in [-0.4, -0.2) is 34.0 Å². The highest BCUT2D eigenvalue weighted by molar-refractivity contribution is 6.24. The normalized spacial score (nSPS) is 38.2. The van der Waals surface area contributed by atoms with Gasteiger partial charge in [-0.25, -0.2) is 0 Å². The molecule has 0 spiro atoms. The number of allylic oxidation sites excluding steroid dienone is 1. The number of fused-ring (bicyclic) bond motifs is 5. The average molecular weight is 449 g/mol. The Morgan fingerprint density at radius 3 is 2.64 bits per heavy atom. The number of benzene rings is 1. The fourth-order valence-electron chi connectivity index (χ4n) is 8.19. The van der Waals surface area contributed by atoms with Crippen molar-refractivity contribution >= 4 is 17.1 Å². The van der Waals surface area contributed by atoms with Crippen molar-refractivity contribution in [2.75, 3.05) is 6.61 Å². The predicted molar refractivity (Wildman–Crippen MR) is 129 cm³/mol. The van der Waals surface area contributed by atoms with Gasteiger partial charge >= 0.3 is 0 Å². The van der Waals surface area contributed by atoms with Crippen LogP contribution in [0.5, 0.6) is 0 Å². The lowest BCUT2D eigenvalue weighted by Gasteiger charge is -2.55. The molecular formula is C29H36O4. The second-order valence-corrected chi connectivity index (χ2v) is 11.0. The molecule has 4 nitrogen and oxygen atoms in total. The van der Waals surface area contributed by atoms with Gasteiger partial charge in [-0.05, 0) is 81.1 Å². The lowest BCUT2D eigenvalue weighted by molar-refractivity contribution is -0.115. The molecule has 4 aliphatic carbocycles. The quantitative estimate of drug-likeness (QED) is 0.494. The van der Waals surface area contributed by atoms with Gasteiger partial charge in [-0.1, -0.05) is 48.9 Å². The lowest BCUT2D eigenvalue weighted by Crippen LogP contribution is -2.52. The van der Waals surface area contributed by atoms with Crippen LogP contribution in [-0.2, 0) is 4.79 Å². The van der Waals surface area contributed by atoms with Crippen LogP contribution in [0.1, 0.15) is 81.1 Å². The number of carbonyl (C=O) groups is 2. The van der Waals surface area contributed by atoms with Crippen molar-refractivity contribution in [1.82, 2.24) is 0 Å². The molecule has 33 heavy (non-hydrogen) atoms. The van der Waals surface area contributed by atoms with E-state index in [0.717, 1.165) is 56.1 Å². The Morgan fingerprint density at radius 1 is 1.09 bits per heavy atom. The molecule has 176 valence electrons. The van der Waals surface area contributed by atoms with Gasteiger partial charge in [0.1, 0.15) is 0 Å². The summed E-state index contributed by atoms with van der Waals surface area (Å²) in [5.74, 6) is 2.19. The smallest absolute Gasteiger partial charge is 0.163 e. The van der Waals surface area contributed by atoms with E-state index in [1.54, 1.807) is 13.0 Å². The highest BCUT2D eigenvalue weighted by Gasteiger charge is 2.61. The number of hydrogen-bond donors (Lipinski definition) is 2. The van der Waals surface area contributed by atoms with Crippen LogP contribution in [0.15, 0.2) is 42.0 Å². The Balaban J connectivity index is 1.51. The second kappa shape index (κ2) is 8.32. The van der Waals surface area contributed by atoms with E-state index in [1.807, 2.05) is 30.3 Å². The third-order valence-corrected chi connectivity index (χ3v) is 9.78. The van der Waals surface area contributed by atoms with Gasteiger partial charge in [-0.3, -0.25) is 9.59 Å². The zero-order valence-electron chi connectivity index (χ0n) is 19.8. The topological polar surface area (TPSA) is 74.6 Å². The van der Waals surface area contributed by atoms with E-state index in [9.17, 15) is 19.8 Å². The Kier molecular flexibility index (Phi) is 5.73. The maximum atomic E-state index is 13.2. The van der Waals surface area contributed by atoms with E-state index in [1.165, 1.54) is 5.57 Å². The summed E-state index contributed by atoms with van der Waals surface area (Å²) in [5, 5.41) is 20.8. The molecule has 0 unspecified atom stereocenters. The summed E-state index contributed by atoms with van der Waals surface area (Å²) in [7, 11) is 0. The molecule has 0 radical (unpaired) electrons. The summed E-state index contributed by atoms with van der Waals surface area (Å²) in [6.45, 7) is 3.80. The molecule has 5 rings (SSSR count). The molecule has 0 aromatic heterocycles. The number of ketones is 2. The maximum absolute atomic E-state index is 13.2. The Labute approximate surface area is 196 Å². The molecule has 4 aliphatic rings. The van der Waals surface area contributed by atoms with Crippen LogP contribution in [0.2, 0.25) is 0 Å². The first kappa shape index (κ1) is 22.7. The summed E-state index contributed by atoms with van der Waals surface area (Å²) in [5.41, 5.74) is 2.61. The number of aliphatic hydroxyl groups excluding tert-OH is 1. The molecule has 0 saturated heterocycles. The Morgan fingerprint density at radius 2 is 1.88 bits per heavy atom. The molecule has 6 atom stereocenters. The van der Waals surface area contributed by atoms with E-state index in [-0.39, 0.29) is 23.6 Å². The summed E-state index contributed by atoms with van der Waals surface area (Å²) >= 11 is 0. The fraction of sp³-hybridized carbons (Fsp3) is 0.586. The van der Waals surface area contributed by atoms with Crippen LogP contribution in [0, 0.1) is 29.1 Å². The summed E-state index contributed by atoms with van der Waals surface area (Å²) < 4.78 is 0. The SMILES string of the molecule is CC(=O)c1ccccc1C1=C2CC[C@@H]3[C@H](CC[C@@]4(C)[C@H]3CC[C@@]4(O)/C=C\CO)[C@H]2CCC1=O. The summed E-state index contributed by atoms with van der Waals surface area (Å²) in [6, 6.07) is 7.61. The molecule has 0 amide bonds. The first-order valence-corrected chi connectivity index (χ1v) is 12.7. The third kappa shape index (κ3) is 3.40. The van der Waals surface area contributed by atoms with Crippen molar-refractivity contribution in [2.45, 2.75) is 70.8 Å². The Bertz CT molecular complexity index is 1040. The zero-order valence-corrected chi connectivity index (χ0v) is 19.8. The molecular weight excluding hydrogens is 412 g/mol. The lowest BCUT2D eigenvalue weighted by atomic mass is 9.50. The molecule has 1 aromatic rings. The van der Waals surface area contributed by atoms with Gasteiger partial charge in [-0.2, -0.15) is 0 Å².